The van der Waals surface area contributed by atoms with Crippen molar-refractivity contribution in [2.45, 2.75) is 148 Å². The summed E-state index contributed by atoms with van der Waals surface area (Å²) in [6, 6.07) is 10.3. The predicted molar refractivity (Wildman–Crippen MR) is 275 cm³/mol. The number of hydrogen-bond acceptors (Lipinski definition) is 11. The number of aliphatic hydroxyl groups is 1. The Morgan fingerprint density at radius 1 is 0.622 bits per heavy atom. The quantitative estimate of drug-likeness (QED) is 0.0387. The number of aromatic nitrogens is 4. The summed E-state index contributed by atoms with van der Waals surface area (Å²) in [5.41, 5.74) is 8.24. The van der Waals surface area contributed by atoms with Crippen LogP contribution >= 0.6 is 0 Å². The first-order valence-electron chi connectivity index (χ1n) is 25.4. The first-order chi connectivity index (χ1) is 35.3. The summed E-state index contributed by atoms with van der Waals surface area (Å²) < 4.78 is 0. The molecule has 400 valence electrons. The molecule has 8 amide bonds. The van der Waals surface area contributed by atoms with Gasteiger partial charge in [0.25, 0.3) is 0 Å². The SMILES string of the molecule is CC(C)C[C@H](NC(=O)CC(O)[C@H](CC(C)C)NC(=O)[C@H](Cc1cnc[nH]1)NC(=O)[C@H](Cc1ccccc1)NC(=O)[C@@H]1CCCN1C(=O)[C@H](Cc1cnc[nH]1)NC(=O)C(C)C)C(=O)N[C@@H](Cc1ccccc1)C(N)=O. The minimum Gasteiger partial charge on any atom is -0.390 e. The standard InChI is InChI=1S/C53H74N12O9/c1-31(2)20-38(45(66)26-46(67)59-40(21-32(3)4)49(70)61-39(47(54)68)22-34-14-9-7-10-15-34)60-51(72)42(24-36-27-55-29-57-36)62-50(71)41(23-35-16-11-8-12-17-35)63-52(73)44-18-13-19-65(44)53(74)43(64-48(69)33(5)6)25-37-28-56-30-58-37/h7-12,14-17,27-33,38-45,66H,13,18-26H2,1-6H3,(H2,54,68)(H,55,57)(H,56,58)(H,59,67)(H,60,72)(H,61,70)(H,62,71)(H,63,73)(H,64,69)/t38-,39-,40-,41-,42-,43-,44-,45?/m0/s1. The highest BCUT2D eigenvalue weighted by atomic mass is 16.3. The van der Waals surface area contributed by atoms with Gasteiger partial charge in [-0.3, -0.25) is 38.4 Å². The average Bonchev–Trinajstić information content (AvgIpc) is 4.18. The van der Waals surface area contributed by atoms with E-state index < -0.39 is 102 Å². The number of aromatic amines is 2. The minimum absolute atomic E-state index is 0.0141. The molecule has 1 saturated heterocycles. The number of carbonyl (C=O) groups is 8. The van der Waals surface area contributed by atoms with Crippen molar-refractivity contribution in [3.63, 3.8) is 0 Å². The van der Waals surface area contributed by atoms with Crippen molar-refractivity contribution in [1.82, 2.24) is 56.7 Å². The second-order valence-electron chi connectivity index (χ2n) is 20.2. The summed E-state index contributed by atoms with van der Waals surface area (Å²) in [7, 11) is 0. The van der Waals surface area contributed by atoms with Crippen molar-refractivity contribution in [3.05, 3.63) is 108 Å². The van der Waals surface area contributed by atoms with Crippen molar-refractivity contribution >= 4 is 47.3 Å². The van der Waals surface area contributed by atoms with Crippen LogP contribution < -0.4 is 37.6 Å². The van der Waals surface area contributed by atoms with Gasteiger partial charge in [0.1, 0.15) is 36.3 Å². The molecular weight excluding hydrogens is 949 g/mol. The number of nitrogens with one attached hydrogen (secondary N) is 8. The number of carbonyl (C=O) groups excluding carboxylic acids is 8. The van der Waals surface area contributed by atoms with Gasteiger partial charge in [-0.1, -0.05) is 102 Å². The Balaban J connectivity index is 1.32. The number of amides is 8. The van der Waals surface area contributed by atoms with Crippen LogP contribution in [0.5, 0.6) is 0 Å². The molecule has 2 aromatic carbocycles. The second-order valence-corrected chi connectivity index (χ2v) is 20.2. The van der Waals surface area contributed by atoms with Crippen molar-refractivity contribution in [2.75, 3.05) is 6.54 Å². The van der Waals surface area contributed by atoms with E-state index in [0.29, 0.717) is 29.8 Å². The Morgan fingerprint density at radius 3 is 1.65 bits per heavy atom. The van der Waals surface area contributed by atoms with E-state index in [9.17, 15) is 43.5 Å². The highest BCUT2D eigenvalue weighted by molar-refractivity contribution is 5.96. The maximum Gasteiger partial charge on any atom is 0.246 e. The lowest BCUT2D eigenvalue weighted by molar-refractivity contribution is -0.142. The van der Waals surface area contributed by atoms with Crippen LogP contribution in [0.4, 0.5) is 0 Å². The molecule has 0 spiro atoms. The highest BCUT2D eigenvalue weighted by Crippen LogP contribution is 2.21. The monoisotopic (exact) mass is 1020 g/mol. The molecule has 8 atom stereocenters. The summed E-state index contributed by atoms with van der Waals surface area (Å²) >= 11 is 0. The van der Waals surface area contributed by atoms with Crippen molar-refractivity contribution < 1.29 is 43.5 Å². The third-order valence-corrected chi connectivity index (χ3v) is 12.7. The Labute approximate surface area is 432 Å². The summed E-state index contributed by atoms with van der Waals surface area (Å²) in [6.45, 7) is 11.1. The average molecular weight is 1020 g/mol. The molecule has 21 heteroatoms. The van der Waals surface area contributed by atoms with Crippen LogP contribution in [-0.4, -0.2) is 132 Å². The number of H-pyrrole nitrogens is 2. The number of likely N-dealkylation sites (tertiary alicyclic amines) is 1. The van der Waals surface area contributed by atoms with Crippen LogP contribution in [0.25, 0.3) is 0 Å². The predicted octanol–water partition coefficient (Wildman–Crippen LogP) is 1.29. The smallest absolute Gasteiger partial charge is 0.246 e. The number of nitrogens with zero attached hydrogens (tertiary/aromatic N) is 3. The molecule has 1 aliphatic rings. The summed E-state index contributed by atoms with van der Waals surface area (Å²) in [6.07, 6.45) is 5.36. The zero-order valence-corrected chi connectivity index (χ0v) is 43.1. The maximum absolute atomic E-state index is 14.6. The first-order valence-corrected chi connectivity index (χ1v) is 25.4. The van der Waals surface area contributed by atoms with Crippen LogP contribution in [0, 0.1) is 17.8 Å². The zero-order valence-electron chi connectivity index (χ0n) is 43.1. The fraction of sp³-hybridized carbons (Fsp3) is 0.509. The molecule has 5 rings (SSSR count). The number of hydrogen-bond donors (Lipinski definition) is 10. The van der Waals surface area contributed by atoms with Crippen LogP contribution in [0.1, 0.15) is 96.2 Å². The lowest BCUT2D eigenvalue weighted by atomic mass is 9.95. The molecule has 0 radical (unpaired) electrons. The van der Waals surface area contributed by atoms with Crippen molar-refractivity contribution in [2.24, 2.45) is 23.5 Å². The minimum atomic E-state index is -1.45. The molecule has 21 nitrogen and oxygen atoms in total. The summed E-state index contributed by atoms with van der Waals surface area (Å²) in [5, 5.41) is 28.4. The molecule has 11 N–H and O–H groups in total. The van der Waals surface area contributed by atoms with Gasteiger partial charge in [0, 0.05) is 61.9 Å². The third kappa shape index (κ3) is 18.0. The molecule has 1 unspecified atom stereocenters. The third-order valence-electron chi connectivity index (χ3n) is 12.7. The van der Waals surface area contributed by atoms with Gasteiger partial charge in [-0.05, 0) is 48.6 Å². The fourth-order valence-electron chi connectivity index (χ4n) is 8.82. The molecule has 3 heterocycles. The van der Waals surface area contributed by atoms with Gasteiger partial charge in [-0.25, -0.2) is 9.97 Å². The van der Waals surface area contributed by atoms with E-state index >= 15 is 0 Å². The zero-order chi connectivity index (χ0) is 53.9. The molecule has 1 aliphatic heterocycles. The van der Waals surface area contributed by atoms with Gasteiger partial charge in [0.15, 0.2) is 0 Å². The molecule has 0 saturated carbocycles. The molecule has 1 fully saturated rings. The second kappa shape index (κ2) is 28.1. The van der Waals surface area contributed by atoms with E-state index in [0.717, 1.165) is 5.56 Å². The van der Waals surface area contributed by atoms with Gasteiger partial charge in [0.2, 0.25) is 47.3 Å². The molecule has 4 aromatic rings. The fourth-order valence-corrected chi connectivity index (χ4v) is 8.82. The van der Waals surface area contributed by atoms with Gasteiger partial charge in [-0.15, -0.1) is 0 Å². The lowest BCUT2D eigenvalue weighted by Gasteiger charge is -2.31. The Bertz CT molecular complexity index is 2450. The van der Waals surface area contributed by atoms with Crippen LogP contribution in [-0.2, 0) is 64.0 Å². The lowest BCUT2D eigenvalue weighted by Crippen LogP contribution is -2.60. The molecule has 0 bridgehead atoms. The first kappa shape index (κ1) is 57.5. The van der Waals surface area contributed by atoms with E-state index in [-0.39, 0.29) is 62.8 Å². The van der Waals surface area contributed by atoms with Crippen molar-refractivity contribution in [3.8, 4) is 0 Å². The summed E-state index contributed by atoms with van der Waals surface area (Å²) in [5.74, 6) is -5.42. The van der Waals surface area contributed by atoms with Gasteiger partial charge < -0.3 is 57.6 Å². The number of aliphatic hydroxyl groups excluding tert-OH is 1. The Morgan fingerprint density at radius 2 is 1.12 bits per heavy atom. The van der Waals surface area contributed by atoms with Crippen LogP contribution in [0.15, 0.2) is 85.7 Å². The summed E-state index contributed by atoms with van der Waals surface area (Å²) in [4.78, 5) is 126. The van der Waals surface area contributed by atoms with E-state index in [1.165, 1.54) is 23.8 Å². The number of benzene rings is 2. The van der Waals surface area contributed by atoms with E-state index in [1.54, 1.807) is 68.6 Å². The van der Waals surface area contributed by atoms with E-state index in [1.807, 2.05) is 39.8 Å². The maximum atomic E-state index is 14.6. The number of rotatable bonds is 28. The topological polar surface area (TPSA) is 316 Å². The largest absolute Gasteiger partial charge is 0.390 e. The molecular formula is C53H74N12O9. The molecule has 2 aromatic heterocycles. The Kier molecular flexibility index (Phi) is 21.9. The van der Waals surface area contributed by atoms with E-state index in [2.05, 4.69) is 51.8 Å². The normalized spacial score (nSPS) is 16.3. The highest BCUT2D eigenvalue weighted by Gasteiger charge is 2.40. The number of primary amides is 1. The van der Waals surface area contributed by atoms with Crippen LogP contribution in [0.3, 0.4) is 0 Å². The van der Waals surface area contributed by atoms with Crippen LogP contribution in [0.2, 0.25) is 0 Å². The van der Waals surface area contributed by atoms with Gasteiger partial charge >= 0.3 is 0 Å². The van der Waals surface area contributed by atoms with Gasteiger partial charge in [0.05, 0.1) is 31.2 Å². The number of nitrogens with two attached hydrogens (primary N) is 1. The molecule has 74 heavy (non-hydrogen) atoms. The van der Waals surface area contributed by atoms with Gasteiger partial charge in [-0.2, -0.15) is 0 Å². The van der Waals surface area contributed by atoms with E-state index in [4.69, 9.17) is 5.73 Å². The Hall–Kier alpha value is -7.42. The van der Waals surface area contributed by atoms with Crippen molar-refractivity contribution in [1.29, 1.82) is 0 Å². The molecule has 0 aliphatic carbocycles. The number of imidazole rings is 2.